The maximum Gasteiger partial charge on any atom is 0.411 e. The van der Waals surface area contributed by atoms with Crippen LogP contribution in [0.2, 0.25) is 0 Å². The number of likely N-dealkylation sites (tertiary alicyclic amines) is 1. The summed E-state index contributed by atoms with van der Waals surface area (Å²) in [5.74, 6) is -0.959. The molecule has 1 aliphatic rings. The molecular weight excluding hydrogens is 290 g/mol. The third kappa shape index (κ3) is 3.37. The van der Waals surface area contributed by atoms with Gasteiger partial charge in [0.1, 0.15) is 11.1 Å². The predicted molar refractivity (Wildman–Crippen MR) is 80.6 cm³/mol. The summed E-state index contributed by atoms with van der Waals surface area (Å²) >= 11 is 1.51. The molecule has 0 aliphatic carbocycles. The van der Waals surface area contributed by atoms with Gasteiger partial charge in [0.2, 0.25) is 0 Å². The molecule has 116 valence electrons. The second-order valence-electron chi connectivity index (χ2n) is 6.33. The number of carboxylic acids is 1. The lowest BCUT2D eigenvalue weighted by Crippen LogP contribution is -2.55. The SMILES string of the molecule is CC(C)(C)OC(=O)N1CCC[C@@]1(Cc1cccs1)C(=O)O. The fourth-order valence-corrected chi connectivity index (χ4v) is 3.46. The molecule has 2 heterocycles. The normalized spacial score (nSPS) is 22.3. The van der Waals surface area contributed by atoms with Gasteiger partial charge in [0.25, 0.3) is 0 Å². The van der Waals surface area contributed by atoms with E-state index in [1.165, 1.54) is 16.2 Å². The van der Waals surface area contributed by atoms with Crippen LogP contribution in [-0.4, -0.2) is 39.8 Å². The summed E-state index contributed by atoms with van der Waals surface area (Å²) in [5, 5.41) is 11.6. The van der Waals surface area contributed by atoms with E-state index in [1.807, 2.05) is 17.5 Å². The van der Waals surface area contributed by atoms with Crippen molar-refractivity contribution in [3.05, 3.63) is 22.4 Å². The van der Waals surface area contributed by atoms with Crippen molar-refractivity contribution in [2.75, 3.05) is 6.54 Å². The van der Waals surface area contributed by atoms with Gasteiger partial charge in [-0.1, -0.05) is 6.07 Å². The van der Waals surface area contributed by atoms with Crippen molar-refractivity contribution >= 4 is 23.4 Å². The van der Waals surface area contributed by atoms with Crippen molar-refractivity contribution in [2.45, 2.75) is 51.2 Å². The van der Waals surface area contributed by atoms with E-state index in [9.17, 15) is 14.7 Å². The van der Waals surface area contributed by atoms with Gasteiger partial charge in [0.05, 0.1) is 0 Å². The first-order valence-corrected chi connectivity index (χ1v) is 7.89. The minimum atomic E-state index is -1.19. The van der Waals surface area contributed by atoms with Crippen molar-refractivity contribution in [1.82, 2.24) is 4.90 Å². The number of carbonyl (C=O) groups excluding carboxylic acids is 1. The number of amides is 1. The predicted octanol–water partition coefficient (Wildman–Crippen LogP) is 3.14. The van der Waals surface area contributed by atoms with E-state index < -0.39 is 23.2 Å². The van der Waals surface area contributed by atoms with Gasteiger partial charge in [-0.05, 0) is 45.1 Å². The molecule has 1 N–H and O–H groups in total. The number of ether oxygens (including phenoxy) is 1. The van der Waals surface area contributed by atoms with E-state index >= 15 is 0 Å². The van der Waals surface area contributed by atoms with Gasteiger partial charge in [0, 0.05) is 17.8 Å². The maximum absolute atomic E-state index is 12.4. The first-order chi connectivity index (χ1) is 9.74. The molecule has 0 bridgehead atoms. The standard InChI is InChI=1S/C15H21NO4S/c1-14(2,3)20-13(19)16-8-5-7-15(16,12(17)18)10-11-6-4-9-21-11/h4,6,9H,5,7-8,10H2,1-3H3,(H,17,18)/t15-/m1/s1. The highest BCUT2D eigenvalue weighted by atomic mass is 32.1. The molecule has 1 amide bonds. The fourth-order valence-electron chi connectivity index (χ4n) is 2.64. The number of aliphatic carboxylic acids is 1. The molecule has 0 saturated carbocycles. The molecule has 2 rings (SSSR count). The number of thiophene rings is 1. The molecule has 1 atom stereocenters. The lowest BCUT2D eigenvalue weighted by atomic mass is 9.91. The van der Waals surface area contributed by atoms with E-state index in [-0.39, 0.29) is 0 Å². The maximum atomic E-state index is 12.4. The molecule has 1 aromatic rings. The van der Waals surface area contributed by atoms with E-state index in [0.717, 1.165) is 4.88 Å². The van der Waals surface area contributed by atoms with Crippen molar-refractivity contribution in [3.8, 4) is 0 Å². The Hall–Kier alpha value is -1.56. The molecular formula is C15H21NO4S. The van der Waals surface area contributed by atoms with Crippen LogP contribution in [-0.2, 0) is 16.0 Å². The summed E-state index contributed by atoms with van der Waals surface area (Å²) < 4.78 is 5.37. The number of nitrogens with zero attached hydrogens (tertiary/aromatic N) is 1. The fraction of sp³-hybridized carbons (Fsp3) is 0.600. The van der Waals surface area contributed by atoms with Crippen LogP contribution in [0.3, 0.4) is 0 Å². The van der Waals surface area contributed by atoms with E-state index in [2.05, 4.69) is 0 Å². The van der Waals surface area contributed by atoms with Gasteiger partial charge in [-0.3, -0.25) is 4.90 Å². The largest absolute Gasteiger partial charge is 0.479 e. The molecule has 0 spiro atoms. The van der Waals surface area contributed by atoms with Gasteiger partial charge in [-0.25, -0.2) is 9.59 Å². The zero-order valence-electron chi connectivity index (χ0n) is 12.6. The molecule has 1 aromatic heterocycles. The summed E-state index contributed by atoms with van der Waals surface area (Å²) in [4.78, 5) is 26.6. The molecule has 5 nitrogen and oxygen atoms in total. The molecule has 6 heteroatoms. The number of hydrogen-bond acceptors (Lipinski definition) is 4. The van der Waals surface area contributed by atoms with Crippen LogP contribution in [0.5, 0.6) is 0 Å². The Kier molecular flexibility index (Phi) is 4.27. The highest BCUT2D eigenvalue weighted by Crippen LogP contribution is 2.35. The Balaban J connectivity index is 2.26. The lowest BCUT2D eigenvalue weighted by Gasteiger charge is -2.35. The lowest BCUT2D eigenvalue weighted by molar-refractivity contribution is -0.149. The van der Waals surface area contributed by atoms with Gasteiger partial charge >= 0.3 is 12.1 Å². The topological polar surface area (TPSA) is 66.8 Å². The summed E-state index contributed by atoms with van der Waals surface area (Å²) in [5.41, 5.74) is -1.82. The molecule has 0 radical (unpaired) electrons. The minimum absolute atomic E-state index is 0.333. The van der Waals surface area contributed by atoms with Crippen LogP contribution in [0.25, 0.3) is 0 Å². The Morgan fingerprint density at radius 3 is 2.71 bits per heavy atom. The van der Waals surface area contributed by atoms with Crippen LogP contribution < -0.4 is 0 Å². The molecule has 1 aliphatic heterocycles. The van der Waals surface area contributed by atoms with E-state index in [4.69, 9.17) is 4.74 Å². The second kappa shape index (κ2) is 5.67. The molecule has 1 fully saturated rings. The van der Waals surface area contributed by atoms with Crippen LogP contribution in [0.4, 0.5) is 4.79 Å². The molecule has 1 saturated heterocycles. The van der Waals surface area contributed by atoms with Gasteiger partial charge in [-0.15, -0.1) is 11.3 Å². The quantitative estimate of drug-likeness (QED) is 0.931. The van der Waals surface area contributed by atoms with Gasteiger partial charge in [-0.2, -0.15) is 0 Å². The zero-order valence-corrected chi connectivity index (χ0v) is 13.4. The van der Waals surface area contributed by atoms with Crippen LogP contribution in [0, 0.1) is 0 Å². The average molecular weight is 311 g/mol. The van der Waals surface area contributed by atoms with Gasteiger partial charge in [0.15, 0.2) is 0 Å². The first kappa shape index (κ1) is 15.8. The molecule has 21 heavy (non-hydrogen) atoms. The zero-order chi connectivity index (χ0) is 15.7. The van der Waals surface area contributed by atoms with Crippen molar-refractivity contribution < 1.29 is 19.4 Å². The van der Waals surface area contributed by atoms with E-state index in [0.29, 0.717) is 25.8 Å². The minimum Gasteiger partial charge on any atom is -0.479 e. The number of hydrogen-bond donors (Lipinski definition) is 1. The van der Waals surface area contributed by atoms with Gasteiger partial charge < -0.3 is 9.84 Å². The smallest absolute Gasteiger partial charge is 0.411 e. The van der Waals surface area contributed by atoms with Crippen LogP contribution in [0.1, 0.15) is 38.5 Å². The third-order valence-electron chi connectivity index (χ3n) is 3.55. The van der Waals surface area contributed by atoms with Crippen molar-refractivity contribution in [2.24, 2.45) is 0 Å². The number of rotatable bonds is 3. The third-order valence-corrected chi connectivity index (χ3v) is 4.42. The summed E-state index contributed by atoms with van der Waals surface area (Å²) in [7, 11) is 0. The van der Waals surface area contributed by atoms with E-state index in [1.54, 1.807) is 20.8 Å². The molecule has 0 unspecified atom stereocenters. The summed E-state index contributed by atoms with van der Waals surface area (Å²) in [6.07, 6.45) is 0.925. The van der Waals surface area contributed by atoms with Crippen LogP contribution >= 0.6 is 11.3 Å². The number of carbonyl (C=O) groups is 2. The number of carboxylic acid groups (broad SMARTS) is 1. The monoisotopic (exact) mass is 311 g/mol. The molecule has 0 aromatic carbocycles. The Morgan fingerprint density at radius 2 is 2.19 bits per heavy atom. The summed E-state index contributed by atoms with van der Waals surface area (Å²) in [6.45, 7) is 5.76. The van der Waals surface area contributed by atoms with Crippen molar-refractivity contribution in [3.63, 3.8) is 0 Å². The highest BCUT2D eigenvalue weighted by Gasteiger charge is 2.51. The van der Waals surface area contributed by atoms with Crippen molar-refractivity contribution in [1.29, 1.82) is 0 Å². The highest BCUT2D eigenvalue weighted by molar-refractivity contribution is 7.09. The Bertz CT molecular complexity index is 520. The Morgan fingerprint density at radius 1 is 1.48 bits per heavy atom. The van der Waals surface area contributed by atoms with Crippen LogP contribution in [0.15, 0.2) is 17.5 Å². The summed E-state index contributed by atoms with van der Waals surface area (Å²) in [6, 6.07) is 3.79. The average Bonchev–Trinajstić information content (AvgIpc) is 2.96. The Labute approximate surface area is 128 Å². The second-order valence-corrected chi connectivity index (χ2v) is 7.36. The first-order valence-electron chi connectivity index (χ1n) is 7.01.